The maximum absolute atomic E-state index is 13.2. The van der Waals surface area contributed by atoms with Crippen molar-refractivity contribution in [2.45, 2.75) is 12.8 Å². The van der Waals surface area contributed by atoms with Crippen LogP contribution in [0.15, 0.2) is 48.5 Å². The van der Waals surface area contributed by atoms with Crippen LogP contribution in [0.25, 0.3) is 11.3 Å². The second kappa shape index (κ2) is 7.33. The lowest BCUT2D eigenvalue weighted by molar-refractivity contribution is -0.120. The quantitative estimate of drug-likeness (QED) is 0.715. The fraction of sp³-hybridized carbons (Fsp3) is 0.261. The number of nitrogens with one attached hydrogen (secondary N) is 1. The van der Waals surface area contributed by atoms with E-state index in [1.807, 2.05) is 23.1 Å². The molecule has 0 saturated heterocycles. The topological polar surface area (TPSA) is 78.5 Å². The normalized spacial score (nSPS) is 15.8. The number of H-pyrrole nitrogens is 1. The number of amides is 2. The van der Waals surface area contributed by atoms with Crippen LogP contribution in [0.4, 0.5) is 5.69 Å². The van der Waals surface area contributed by atoms with Gasteiger partial charge in [-0.05, 0) is 24.6 Å². The predicted molar refractivity (Wildman–Crippen MR) is 113 cm³/mol. The van der Waals surface area contributed by atoms with Gasteiger partial charge in [-0.2, -0.15) is 5.10 Å². The Balaban J connectivity index is 1.37. The smallest absolute Gasteiger partial charge is 0.264 e. The standard InChI is InChI=1S/C23H22N4O3/c1-26-19-13-16(7-8-20(19)30-14-21(26)28)23(29)27-11-9-17-18(10-12-27)24-25-22(17)15-5-3-2-4-6-15/h2-8,13H,9-12,14H2,1H3,(H,24,25). The molecule has 0 aliphatic carbocycles. The van der Waals surface area contributed by atoms with E-state index >= 15 is 0 Å². The van der Waals surface area contributed by atoms with Crippen molar-refractivity contribution >= 4 is 17.5 Å². The van der Waals surface area contributed by atoms with E-state index in [0.29, 0.717) is 30.1 Å². The highest BCUT2D eigenvalue weighted by Crippen LogP contribution is 2.33. The Kier molecular flexibility index (Phi) is 4.50. The number of carbonyl (C=O) groups excluding carboxylic acids is 2. The van der Waals surface area contributed by atoms with Gasteiger partial charge in [0.25, 0.3) is 11.8 Å². The Bertz CT molecular complexity index is 1120. The molecule has 30 heavy (non-hydrogen) atoms. The highest BCUT2D eigenvalue weighted by atomic mass is 16.5. The summed E-state index contributed by atoms with van der Waals surface area (Å²) in [5.74, 6) is 0.461. The number of fused-ring (bicyclic) bond motifs is 2. The number of benzene rings is 2. The first-order valence-corrected chi connectivity index (χ1v) is 10.1. The molecule has 0 unspecified atom stereocenters. The molecule has 0 saturated carbocycles. The molecular weight excluding hydrogens is 380 g/mol. The molecule has 7 nitrogen and oxygen atoms in total. The Morgan fingerprint density at radius 3 is 2.73 bits per heavy atom. The first-order chi connectivity index (χ1) is 14.6. The molecule has 3 heterocycles. The summed E-state index contributed by atoms with van der Waals surface area (Å²) in [7, 11) is 1.70. The van der Waals surface area contributed by atoms with E-state index in [1.165, 1.54) is 5.56 Å². The van der Waals surface area contributed by atoms with Crippen molar-refractivity contribution in [3.63, 3.8) is 0 Å². The molecule has 2 amide bonds. The van der Waals surface area contributed by atoms with Crippen LogP contribution < -0.4 is 9.64 Å². The molecule has 1 N–H and O–H groups in total. The summed E-state index contributed by atoms with van der Waals surface area (Å²) >= 11 is 0. The van der Waals surface area contributed by atoms with Gasteiger partial charge in [0.1, 0.15) is 5.75 Å². The fourth-order valence-corrected chi connectivity index (χ4v) is 4.11. The second-order valence-electron chi connectivity index (χ2n) is 7.61. The summed E-state index contributed by atoms with van der Waals surface area (Å²) in [6.45, 7) is 1.26. The first kappa shape index (κ1) is 18.4. The van der Waals surface area contributed by atoms with Crippen molar-refractivity contribution in [1.82, 2.24) is 15.1 Å². The zero-order valence-corrected chi connectivity index (χ0v) is 16.7. The minimum absolute atomic E-state index is 0.0262. The van der Waals surface area contributed by atoms with E-state index in [4.69, 9.17) is 4.74 Å². The zero-order chi connectivity index (χ0) is 20.7. The zero-order valence-electron chi connectivity index (χ0n) is 16.7. The molecule has 2 aliphatic rings. The third kappa shape index (κ3) is 3.12. The number of hydrogen-bond acceptors (Lipinski definition) is 4. The van der Waals surface area contributed by atoms with E-state index in [9.17, 15) is 9.59 Å². The van der Waals surface area contributed by atoms with E-state index < -0.39 is 0 Å². The lowest BCUT2D eigenvalue weighted by atomic mass is 10.0. The summed E-state index contributed by atoms with van der Waals surface area (Å²) in [5, 5.41) is 7.69. The van der Waals surface area contributed by atoms with Crippen LogP contribution in [0.5, 0.6) is 5.75 Å². The molecule has 0 atom stereocenters. The van der Waals surface area contributed by atoms with Gasteiger partial charge in [-0.1, -0.05) is 30.3 Å². The van der Waals surface area contributed by atoms with Gasteiger partial charge in [0.2, 0.25) is 0 Å². The summed E-state index contributed by atoms with van der Waals surface area (Å²) < 4.78 is 5.47. The number of likely N-dealkylation sites (N-methyl/N-ethyl adjacent to an activating group) is 1. The van der Waals surface area contributed by atoms with Gasteiger partial charge in [-0.15, -0.1) is 0 Å². The summed E-state index contributed by atoms with van der Waals surface area (Å²) in [4.78, 5) is 28.5. The van der Waals surface area contributed by atoms with Crippen LogP contribution in [0.3, 0.4) is 0 Å². The monoisotopic (exact) mass is 402 g/mol. The van der Waals surface area contributed by atoms with Gasteiger partial charge >= 0.3 is 0 Å². The fourth-order valence-electron chi connectivity index (χ4n) is 4.11. The van der Waals surface area contributed by atoms with Gasteiger partial charge in [0, 0.05) is 48.9 Å². The van der Waals surface area contributed by atoms with Crippen molar-refractivity contribution in [2.75, 3.05) is 31.6 Å². The molecule has 0 fully saturated rings. The van der Waals surface area contributed by atoms with Crippen LogP contribution in [-0.2, 0) is 17.6 Å². The lowest BCUT2D eigenvalue weighted by Gasteiger charge is -2.27. The second-order valence-corrected chi connectivity index (χ2v) is 7.61. The van der Waals surface area contributed by atoms with E-state index in [-0.39, 0.29) is 18.4 Å². The predicted octanol–water partition coefficient (Wildman–Crippen LogP) is 2.67. The number of aromatic nitrogens is 2. The molecule has 152 valence electrons. The molecule has 0 bridgehead atoms. The average molecular weight is 402 g/mol. The van der Waals surface area contributed by atoms with Crippen LogP contribution in [0, 0.1) is 0 Å². The number of carbonyl (C=O) groups is 2. The van der Waals surface area contributed by atoms with Crippen LogP contribution in [0.1, 0.15) is 21.6 Å². The number of hydrogen-bond donors (Lipinski definition) is 1. The molecule has 7 heteroatoms. The number of rotatable bonds is 2. The van der Waals surface area contributed by atoms with Crippen molar-refractivity contribution < 1.29 is 14.3 Å². The van der Waals surface area contributed by atoms with E-state index in [1.54, 1.807) is 30.1 Å². The first-order valence-electron chi connectivity index (χ1n) is 10.1. The summed E-state index contributed by atoms with van der Waals surface area (Å²) in [5.41, 5.74) is 5.51. The molecule has 2 aromatic carbocycles. The van der Waals surface area contributed by atoms with Crippen LogP contribution in [-0.4, -0.2) is 53.7 Å². The SMILES string of the molecule is CN1C(=O)COc2ccc(C(=O)N3CCc4[nH]nc(-c5ccccc5)c4CC3)cc21. The molecule has 2 aliphatic heterocycles. The number of anilines is 1. The van der Waals surface area contributed by atoms with Gasteiger partial charge in [0.05, 0.1) is 11.4 Å². The summed E-state index contributed by atoms with van der Waals surface area (Å²) in [6, 6.07) is 15.4. The lowest BCUT2D eigenvalue weighted by Crippen LogP contribution is -2.36. The largest absolute Gasteiger partial charge is 0.482 e. The highest BCUT2D eigenvalue weighted by Gasteiger charge is 2.27. The molecule has 1 aromatic heterocycles. The molecular formula is C23H22N4O3. The van der Waals surface area contributed by atoms with Gasteiger partial charge in [-0.25, -0.2) is 0 Å². The van der Waals surface area contributed by atoms with Gasteiger partial charge in [-0.3, -0.25) is 14.7 Å². The average Bonchev–Trinajstić information content (AvgIpc) is 3.07. The number of nitrogens with zero attached hydrogens (tertiary/aromatic N) is 3. The van der Waals surface area contributed by atoms with Crippen molar-refractivity contribution in [2.24, 2.45) is 0 Å². The van der Waals surface area contributed by atoms with E-state index in [2.05, 4.69) is 22.3 Å². The van der Waals surface area contributed by atoms with Crippen molar-refractivity contribution in [3.05, 3.63) is 65.4 Å². The Hall–Kier alpha value is -3.61. The van der Waals surface area contributed by atoms with Crippen LogP contribution >= 0.6 is 0 Å². The number of aromatic amines is 1. The van der Waals surface area contributed by atoms with Gasteiger partial charge in [0.15, 0.2) is 6.61 Å². The Labute approximate surface area is 174 Å². The molecule has 3 aromatic rings. The minimum atomic E-state index is -0.124. The Morgan fingerprint density at radius 1 is 1.10 bits per heavy atom. The maximum atomic E-state index is 13.2. The van der Waals surface area contributed by atoms with E-state index in [0.717, 1.165) is 29.8 Å². The van der Waals surface area contributed by atoms with Crippen molar-refractivity contribution in [3.8, 4) is 17.0 Å². The Morgan fingerprint density at radius 2 is 1.90 bits per heavy atom. The van der Waals surface area contributed by atoms with Crippen molar-refractivity contribution in [1.29, 1.82) is 0 Å². The highest BCUT2D eigenvalue weighted by molar-refractivity contribution is 6.01. The summed E-state index contributed by atoms with van der Waals surface area (Å²) in [6.07, 6.45) is 1.47. The van der Waals surface area contributed by atoms with Crippen LogP contribution in [0.2, 0.25) is 0 Å². The molecule has 0 radical (unpaired) electrons. The molecule has 5 rings (SSSR count). The minimum Gasteiger partial charge on any atom is -0.482 e. The molecule has 0 spiro atoms. The maximum Gasteiger partial charge on any atom is 0.264 e. The third-order valence-corrected chi connectivity index (χ3v) is 5.84. The third-order valence-electron chi connectivity index (χ3n) is 5.84. The number of ether oxygens (including phenoxy) is 1. The van der Waals surface area contributed by atoms with Gasteiger partial charge < -0.3 is 14.5 Å².